The maximum absolute atomic E-state index is 9.73. The van der Waals surface area contributed by atoms with E-state index in [9.17, 15) is 5.11 Å². The van der Waals surface area contributed by atoms with Crippen molar-refractivity contribution in [1.29, 1.82) is 0 Å². The zero-order chi connectivity index (χ0) is 13.8. The number of hydrogen-bond donors (Lipinski definition) is 3. The van der Waals surface area contributed by atoms with Gasteiger partial charge in [0, 0.05) is 12.2 Å². The van der Waals surface area contributed by atoms with Crippen LogP contribution in [0.5, 0.6) is 5.75 Å². The van der Waals surface area contributed by atoms with Gasteiger partial charge < -0.3 is 15.5 Å². The van der Waals surface area contributed by atoms with Crippen molar-refractivity contribution in [2.75, 3.05) is 5.32 Å². The molecule has 100 valence electrons. The van der Waals surface area contributed by atoms with Crippen LogP contribution in [0.15, 0.2) is 36.4 Å². The number of phenolic OH excluding ortho intramolecular Hbond substituents is 1. The van der Waals surface area contributed by atoms with E-state index in [1.165, 1.54) is 0 Å². The van der Waals surface area contributed by atoms with E-state index in [0.29, 0.717) is 12.3 Å². The lowest BCUT2D eigenvalue weighted by Gasteiger charge is -2.10. The lowest BCUT2D eigenvalue weighted by Crippen LogP contribution is -2.00. The lowest BCUT2D eigenvalue weighted by atomic mass is 10.1. The molecular formula is C16H19NO2. The standard InChI is InChI=1S/C16H19NO2/c1-11-7-14(8-12(2)16(11)19)9-17-15-5-3-13(10-18)4-6-15/h3-8,17-19H,9-10H2,1-2H3. The van der Waals surface area contributed by atoms with Gasteiger partial charge in [0.25, 0.3) is 0 Å². The summed E-state index contributed by atoms with van der Waals surface area (Å²) in [5, 5.41) is 22.0. The summed E-state index contributed by atoms with van der Waals surface area (Å²) in [6.07, 6.45) is 0. The monoisotopic (exact) mass is 257 g/mol. The summed E-state index contributed by atoms with van der Waals surface area (Å²) in [6.45, 7) is 4.58. The van der Waals surface area contributed by atoms with Crippen LogP contribution < -0.4 is 5.32 Å². The number of benzene rings is 2. The normalized spacial score (nSPS) is 10.5. The molecule has 3 nitrogen and oxygen atoms in total. The van der Waals surface area contributed by atoms with E-state index in [4.69, 9.17) is 5.11 Å². The molecule has 0 aliphatic heterocycles. The van der Waals surface area contributed by atoms with Crippen LogP contribution in [-0.2, 0) is 13.2 Å². The summed E-state index contributed by atoms with van der Waals surface area (Å²) in [6, 6.07) is 11.7. The largest absolute Gasteiger partial charge is 0.507 e. The van der Waals surface area contributed by atoms with Crippen LogP contribution in [0.3, 0.4) is 0 Å². The van der Waals surface area contributed by atoms with Gasteiger partial charge in [-0.1, -0.05) is 24.3 Å². The third kappa shape index (κ3) is 3.26. The first-order chi connectivity index (χ1) is 9.10. The van der Waals surface area contributed by atoms with Crippen molar-refractivity contribution < 1.29 is 10.2 Å². The Balaban J connectivity index is 2.05. The molecule has 0 fully saturated rings. The summed E-state index contributed by atoms with van der Waals surface area (Å²) < 4.78 is 0. The first-order valence-electron chi connectivity index (χ1n) is 6.33. The predicted octanol–water partition coefficient (Wildman–Crippen LogP) is 3.11. The lowest BCUT2D eigenvalue weighted by molar-refractivity contribution is 0.282. The Labute approximate surface area is 113 Å². The van der Waals surface area contributed by atoms with Gasteiger partial charge in [-0.15, -0.1) is 0 Å². The number of rotatable bonds is 4. The molecule has 0 amide bonds. The zero-order valence-electron chi connectivity index (χ0n) is 11.3. The second kappa shape index (κ2) is 5.76. The Morgan fingerprint density at radius 2 is 1.53 bits per heavy atom. The van der Waals surface area contributed by atoms with Crippen molar-refractivity contribution in [2.45, 2.75) is 27.0 Å². The van der Waals surface area contributed by atoms with Crippen molar-refractivity contribution in [1.82, 2.24) is 0 Å². The number of phenols is 1. The summed E-state index contributed by atoms with van der Waals surface area (Å²) in [5.41, 5.74) is 4.85. The molecule has 0 saturated carbocycles. The average Bonchev–Trinajstić information content (AvgIpc) is 2.43. The van der Waals surface area contributed by atoms with Gasteiger partial charge in [0.15, 0.2) is 0 Å². The number of aryl methyl sites for hydroxylation is 2. The first-order valence-corrected chi connectivity index (χ1v) is 6.33. The van der Waals surface area contributed by atoms with Gasteiger partial charge in [0.2, 0.25) is 0 Å². The molecule has 0 atom stereocenters. The van der Waals surface area contributed by atoms with E-state index >= 15 is 0 Å². The number of aliphatic hydroxyl groups excluding tert-OH is 1. The number of aromatic hydroxyl groups is 1. The van der Waals surface area contributed by atoms with Crippen LogP contribution >= 0.6 is 0 Å². The van der Waals surface area contributed by atoms with Crippen LogP contribution in [0.4, 0.5) is 5.69 Å². The topological polar surface area (TPSA) is 52.5 Å². The number of hydrogen-bond acceptors (Lipinski definition) is 3. The van der Waals surface area contributed by atoms with Crippen LogP contribution in [0.25, 0.3) is 0 Å². The van der Waals surface area contributed by atoms with Gasteiger partial charge >= 0.3 is 0 Å². The van der Waals surface area contributed by atoms with E-state index in [1.807, 2.05) is 50.2 Å². The van der Waals surface area contributed by atoms with E-state index in [-0.39, 0.29) is 6.61 Å². The van der Waals surface area contributed by atoms with Crippen molar-refractivity contribution in [3.63, 3.8) is 0 Å². The summed E-state index contributed by atoms with van der Waals surface area (Å²) in [4.78, 5) is 0. The van der Waals surface area contributed by atoms with Crippen molar-refractivity contribution in [3.8, 4) is 5.75 Å². The molecule has 0 spiro atoms. The van der Waals surface area contributed by atoms with Crippen LogP contribution in [0.1, 0.15) is 22.3 Å². The molecule has 0 aliphatic carbocycles. The number of anilines is 1. The van der Waals surface area contributed by atoms with E-state index in [2.05, 4.69) is 5.32 Å². The first kappa shape index (κ1) is 13.4. The molecule has 0 radical (unpaired) electrons. The highest BCUT2D eigenvalue weighted by Gasteiger charge is 2.03. The molecule has 3 heteroatoms. The van der Waals surface area contributed by atoms with Crippen LogP contribution in [0.2, 0.25) is 0 Å². The van der Waals surface area contributed by atoms with Crippen LogP contribution in [0, 0.1) is 13.8 Å². The Bertz CT molecular complexity index is 538. The fourth-order valence-electron chi connectivity index (χ4n) is 2.08. The Morgan fingerprint density at radius 3 is 2.05 bits per heavy atom. The quantitative estimate of drug-likeness (QED) is 0.788. The van der Waals surface area contributed by atoms with Crippen molar-refractivity contribution in [3.05, 3.63) is 58.7 Å². The van der Waals surface area contributed by atoms with E-state index in [1.54, 1.807) is 0 Å². The maximum Gasteiger partial charge on any atom is 0.121 e. The highest BCUT2D eigenvalue weighted by atomic mass is 16.3. The minimum absolute atomic E-state index is 0.0661. The smallest absolute Gasteiger partial charge is 0.121 e. The molecule has 0 aromatic heterocycles. The second-order valence-corrected chi connectivity index (χ2v) is 4.79. The SMILES string of the molecule is Cc1cc(CNc2ccc(CO)cc2)cc(C)c1O. The maximum atomic E-state index is 9.73. The number of nitrogens with one attached hydrogen (secondary N) is 1. The molecule has 19 heavy (non-hydrogen) atoms. The molecular weight excluding hydrogens is 238 g/mol. The zero-order valence-corrected chi connectivity index (χ0v) is 11.3. The van der Waals surface area contributed by atoms with Crippen LogP contribution in [-0.4, -0.2) is 10.2 Å². The van der Waals surface area contributed by atoms with Gasteiger partial charge in [-0.05, 0) is 48.2 Å². The molecule has 2 rings (SSSR count). The van der Waals surface area contributed by atoms with E-state index < -0.39 is 0 Å². The molecule has 0 saturated heterocycles. The number of aliphatic hydroxyl groups is 1. The second-order valence-electron chi connectivity index (χ2n) is 4.79. The van der Waals surface area contributed by atoms with Gasteiger partial charge in [-0.3, -0.25) is 0 Å². The molecule has 3 N–H and O–H groups in total. The molecule has 2 aromatic carbocycles. The molecule has 0 aliphatic rings. The van der Waals surface area contributed by atoms with Gasteiger partial charge in [0.05, 0.1) is 6.61 Å². The van der Waals surface area contributed by atoms with Gasteiger partial charge in [-0.25, -0.2) is 0 Å². The summed E-state index contributed by atoms with van der Waals surface area (Å²) in [7, 11) is 0. The highest BCUT2D eigenvalue weighted by molar-refractivity contribution is 5.47. The third-order valence-corrected chi connectivity index (χ3v) is 3.18. The average molecular weight is 257 g/mol. The fourth-order valence-corrected chi connectivity index (χ4v) is 2.08. The Hall–Kier alpha value is -2.00. The Morgan fingerprint density at radius 1 is 0.947 bits per heavy atom. The molecule has 0 bridgehead atoms. The van der Waals surface area contributed by atoms with Crippen molar-refractivity contribution >= 4 is 5.69 Å². The minimum atomic E-state index is 0.0661. The van der Waals surface area contributed by atoms with Gasteiger partial charge in [0.1, 0.15) is 5.75 Å². The molecule has 0 unspecified atom stereocenters. The fraction of sp³-hybridized carbons (Fsp3) is 0.250. The van der Waals surface area contributed by atoms with Crippen molar-refractivity contribution in [2.24, 2.45) is 0 Å². The van der Waals surface area contributed by atoms with Gasteiger partial charge in [-0.2, -0.15) is 0 Å². The minimum Gasteiger partial charge on any atom is -0.507 e. The predicted molar refractivity (Wildman–Crippen MR) is 77.3 cm³/mol. The summed E-state index contributed by atoms with van der Waals surface area (Å²) >= 11 is 0. The summed E-state index contributed by atoms with van der Waals surface area (Å²) in [5.74, 6) is 0.371. The highest BCUT2D eigenvalue weighted by Crippen LogP contribution is 2.23. The van der Waals surface area contributed by atoms with E-state index in [0.717, 1.165) is 27.9 Å². The third-order valence-electron chi connectivity index (χ3n) is 3.18. The Kier molecular flexibility index (Phi) is 4.07. The molecule has 0 heterocycles. The molecule has 2 aromatic rings.